The van der Waals surface area contributed by atoms with Gasteiger partial charge in [0.15, 0.2) is 6.10 Å². The highest BCUT2D eigenvalue weighted by Gasteiger charge is 2.18. The maximum atomic E-state index is 12.8. The summed E-state index contributed by atoms with van der Waals surface area (Å²) < 4.78 is 18.2. The number of anilines is 1. The molecule has 0 aliphatic rings. The zero-order chi connectivity index (χ0) is 17.0. The fraction of sp³-hybridized carbons (Fsp3) is 0.133. The van der Waals surface area contributed by atoms with Crippen LogP contribution in [-0.2, 0) is 4.79 Å². The Morgan fingerprint density at radius 3 is 2.57 bits per heavy atom. The fourth-order valence-electron chi connectivity index (χ4n) is 1.73. The van der Waals surface area contributed by atoms with Crippen LogP contribution in [0, 0.1) is 15.9 Å². The van der Waals surface area contributed by atoms with Crippen molar-refractivity contribution in [3.63, 3.8) is 0 Å². The molecule has 2 aromatic carbocycles. The second-order valence-corrected chi connectivity index (χ2v) is 5.03. The summed E-state index contributed by atoms with van der Waals surface area (Å²) in [5.41, 5.74) is -0.0859. The quantitative estimate of drug-likeness (QED) is 0.664. The van der Waals surface area contributed by atoms with Gasteiger partial charge in [0, 0.05) is 12.1 Å². The van der Waals surface area contributed by atoms with Crippen LogP contribution in [0.25, 0.3) is 0 Å². The molecular formula is C15H12ClFN2O4. The van der Waals surface area contributed by atoms with Crippen LogP contribution in [0.1, 0.15) is 6.92 Å². The molecule has 120 valence electrons. The van der Waals surface area contributed by atoms with Crippen LogP contribution in [0.15, 0.2) is 42.5 Å². The standard InChI is InChI=1S/C15H12ClFN2O4/c1-9(23-12-5-2-10(17)3-6-12)15(20)18-14-8-11(19(21)22)4-7-13(14)16/h2-9H,1H3,(H,18,20). The monoisotopic (exact) mass is 338 g/mol. The first-order valence-electron chi connectivity index (χ1n) is 6.54. The number of carbonyl (C=O) groups is 1. The lowest BCUT2D eigenvalue weighted by atomic mass is 10.2. The van der Waals surface area contributed by atoms with Crippen LogP contribution in [0.5, 0.6) is 5.75 Å². The Hall–Kier alpha value is -2.67. The molecule has 0 spiro atoms. The second kappa shape index (κ2) is 7.06. The Bertz CT molecular complexity index is 737. The van der Waals surface area contributed by atoms with E-state index in [2.05, 4.69) is 5.32 Å². The summed E-state index contributed by atoms with van der Waals surface area (Å²) >= 11 is 5.91. The molecule has 1 unspecified atom stereocenters. The number of benzene rings is 2. The van der Waals surface area contributed by atoms with Crippen LogP contribution < -0.4 is 10.1 Å². The van der Waals surface area contributed by atoms with Crippen molar-refractivity contribution in [3.8, 4) is 5.75 Å². The summed E-state index contributed by atoms with van der Waals surface area (Å²) in [6.07, 6.45) is -0.907. The van der Waals surface area contributed by atoms with Crippen molar-refractivity contribution in [2.45, 2.75) is 13.0 Å². The number of amides is 1. The third-order valence-corrected chi connectivity index (χ3v) is 3.24. The Labute approximate surface area is 136 Å². The summed E-state index contributed by atoms with van der Waals surface area (Å²) in [5.74, 6) is -0.645. The largest absolute Gasteiger partial charge is 0.481 e. The molecule has 23 heavy (non-hydrogen) atoms. The predicted octanol–water partition coefficient (Wildman–Crippen LogP) is 3.79. The highest BCUT2D eigenvalue weighted by Crippen LogP contribution is 2.27. The van der Waals surface area contributed by atoms with Crippen molar-refractivity contribution in [2.24, 2.45) is 0 Å². The lowest BCUT2D eigenvalue weighted by molar-refractivity contribution is -0.384. The molecule has 2 aromatic rings. The lowest BCUT2D eigenvalue weighted by Crippen LogP contribution is -2.30. The topological polar surface area (TPSA) is 81.5 Å². The number of nitrogens with zero attached hydrogens (tertiary/aromatic N) is 1. The third kappa shape index (κ3) is 4.40. The zero-order valence-corrected chi connectivity index (χ0v) is 12.7. The van der Waals surface area contributed by atoms with Crippen molar-refractivity contribution < 1.29 is 18.8 Å². The minimum Gasteiger partial charge on any atom is -0.481 e. The first kappa shape index (κ1) is 16.7. The number of carbonyl (C=O) groups excluding carboxylic acids is 1. The fourth-order valence-corrected chi connectivity index (χ4v) is 1.89. The first-order valence-corrected chi connectivity index (χ1v) is 6.91. The summed E-state index contributed by atoms with van der Waals surface area (Å²) in [7, 11) is 0. The van der Waals surface area contributed by atoms with Gasteiger partial charge >= 0.3 is 0 Å². The van der Waals surface area contributed by atoms with Gasteiger partial charge in [0.1, 0.15) is 11.6 Å². The van der Waals surface area contributed by atoms with Gasteiger partial charge in [-0.15, -0.1) is 0 Å². The van der Waals surface area contributed by atoms with E-state index in [0.29, 0.717) is 5.75 Å². The molecule has 1 atom stereocenters. The molecule has 0 saturated heterocycles. The molecule has 0 fully saturated rings. The molecular weight excluding hydrogens is 327 g/mol. The molecule has 0 bridgehead atoms. The molecule has 0 heterocycles. The smallest absolute Gasteiger partial charge is 0.271 e. The number of nitro groups is 1. The molecule has 0 aromatic heterocycles. The predicted molar refractivity (Wildman–Crippen MR) is 83.2 cm³/mol. The average molecular weight is 339 g/mol. The molecule has 8 heteroatoms. The Kier molecular flexibility index (Phi) is 5.13. The maximum Gasteiger partial charge on any atom is 0.271 e. The van der Waals surface area contributed by atoms with Gasteiger partial charge in [-0.1, -0.05) is 11.6 Å². The van der Waals surface area contributed by atoms with E-state index in [1.807, 2.05) is 0 Å². The minimum absolute atomic E-state index is 0.112. The van der Waals surface area contributed by atoms with Crippen LogP contribution in [-0.4, -0.2) is 16.9 Å². The summed E-state index contributed by atoms with van der Waals surface area (Å²) in [6, 6.07) is 8.90. The van der Waals surface area contributed by atoms with E-state index >= 15 is 0 Å². The summed E-state index contributed by atoms with van der Waals surface area (Å²) in [4.78, 5) is 22.2. The van der Waals surface area contributed by atoms with Crippen LogP contribution >= 0.6 is 11.6 Å². The highest BCUT2D eigenvalue weighted by molar-refractivity contribution is 6.33. The Morgan fingerprint density at radius 2 is 1.96 bits per heavy atom. The Morgan fingerprint density at radius 1 is 1.30 bits per heavy atom. The maximum absolute atomic E-state index is 12.8. The van der Waals surface area contributed by atoms with Gasteiger partial charge in [-0.3, -0.25) is 14.9 Å². The van der Waals surface area contributed by atoms with Crippen LogP contribution in [0.4, 0.5) is 15.8 Å². The highest BCUT2D eigenvalue weighted by atomic mass is 35.5. The van der Waals surface area contributed by atoms with Crippen molar-refractivity contribution in [3.05, 3.63) is 63.4 Å². The van der Waals surface area contributed by atoms with Gasteiger partial charge in [0.25, 0.3) is 11.6 Å². The van der Waals surface area contributed by atoms with Gasteiger partial charge in [-0.05, 0) is 37.3 Å². The van der Waals surface area contributed by atoms with E-state index in [9.17, 15) is 19.3 Å². The van der Waals surface area contributed by atoms with E-state index in [-0.39, 0.29) is 16.4 Å². The average Bonchev–Trinajstić information content (AvgIpc) is 2.51. The number of rotatable bonds is 5. The van der Waals surface area contributed by atoms with E-state index < -0.39 is 22.8 Å². The molecule has 0 aliphatic carbocycles. The summed E-state index contributed by atoms with van der Waals surface area (Å²) in [6.45, 7) is 1.49. The van der Waals surface area contributed by atoms with E-state index in [4.69, 9.17) is 16.3 Å². The van der Waals surface area contributed by atoms with Crippen molar-refractivity contribution in [1.29, 1.82) is 0 Å². The van der Waals surface area contributed by atoms with E-state index in [0.717, 1.165) is 6.07 Å². The normalized spacial score (nSPS) is 11.6. The van der Waals surface area contributed by atoms with Gasteiger partial charge in [0.05, 0.1) is 15.6 Å². The number of ether oxygens (including phenoxy) is 1. The number of hydrogen-bond donors (Lipinski definition) is 1. The molecule has 1 amide bonds. The van der Waals surface area contributed by atoms with Crippen LogP contribution in [0.2, 0.25) is 5.02 Å². The van der Waals surface area contributed by atoms with Crippen LogP contribution in [0.3, 0.4) is 0 Å². The molecule has 2 rings (SSSR count). The first-order chi connectivity index (χ1) is 10.9. The van der Waals surface area contributed by atoms with Gasteiger partial charge in [-0.25, -0.2) is 4.39 Å². The third-order valence-electron chi connectivity index (χ3n) is 2.91. The minimum atomic E-state index is -0.907. The van der Waals surface area contributed by atoms with E-state index in [1.165, 1.54) is 43.3 Å². The Balaban J connectivity index is 2.07. The summed E-state index contributed by atoms with van der Waals surface area (Å²) in [5, 5.41) is 13.4. The van der Waals surface area contributed by atoms with Gasteiger partial charge in [-0.2, -0.15) is 0 Å². The zero-order valence-electron chi connectivity index (χ0n) is 12.0. The number of non-ortho nitro benzene ring substituents is 1. The SMILES string of the molecule is CC(Oc1ccc(F)cc1)C(=O)Nc1cc([N+](=O)[O-])ccc1Cl. The van der Waals surface area contributed by atoms with Crippen molar-refractivity contribution in [1.82, 2.24) is 0 Å². The number of halogens is 2. The second-order valence-electron chi connectivity index (χ2n) is 4.62. The molecule has 0 saturated carbocycles. The molecule has 0 radical (unpaired) electrons. The van der Waals surface area contributed by atoms with Gasteiger partial charge in [0.2, 0.25) is 0 Å². The molecule has 6 nitrogen and oxygen atoms in total. The number of nitro benzene ring substituents is 1. The van der Waals surface area contributed by atoms with Crippen molar-refractivity contribution in [2.75, 3.05) is 5.32 Å². The van der Waals surface area contributed by atoms with E-state index in [1.54, 1.807) is 0 Å². The molecule has 0 aliphatic heterocycles. The van der Waals surface area contributed by atoms with Crippen molar-refractivity contribution >= 4 is 28.9 Å². The molecule has 1 N–H and O–H groups in total. The lowest BCUT2D eigenvalue weighted by Gasteiger charge is -2.15. The van der Waals surface area contributed by atoms with Gasteiger partial charge < -0.3 is 10.1 Å². The number of nitrogens with one attached hydrogen (secondary N) is 1. The number of hydrogen-bond acceptors (Lipinski definition) is 4.